The van der Waals surface area contributed by atoms with Crippen LogP contribution in [0.2, 0.25) is 0 Å². The van der Waals surface area contributed by atoms with Crippen molar-refractivity contribution in [2.45, 2.75) is 45.7 Å². The van der Waals surface area contributed by atoms with E-state index >= 15 is 0 Å². The van der Waals surface area contributed by atoms with E-state index in [0.717, 1.165) is 12.8 Å². The molecule has 0 aromatic rings. The van der Waals surface area contributed by atoms with Gasteiger partial charge in [-0.1, -0.05) is 6.92 Å². The zero-order chi connectivity index (χ0) is 15.3. The Labute approximate surface area is 120 Å². The molecule has 0 spiro atoms. The molecule has 0 radical (unpaired) electrons. The molecule has 6 nitrogen and oxygen atoms in total. The second-order valence-electron chi connectivity index (χ2n) is 5.66. The van der Waals surface area contributed by atoms with E-state index in [1.165, 1.54) is 4.90 Å². The van der Waals surface area contributed by atoms with E-state index in [1.54, 1.807) is 12.0 Å². The second kappa shape index (κ2) is 7.47. The Morgan fingerprint density at radius 1 is 1.45 bits per heavy atom. The minimum Gasteiger partial charge on any atom is -0.480 e. The molecule has 1 aliphatic rings. The number of hydrogen-bond donors (Lipinski definition) is 1. The molecule has 1 N–H and O–H groups in total. The van der Waals surface area contributed by atoms with Crippen LogP contribution in [-0.2, 0) is 9.53 Å². The zero-order valence-corrected chi connectivity index (χ0v) is 12.8. The Kier molecular flexibility index (Phi) is 6.26. The fourth-order valence-electron chi connectivity index (χ4n) is 2.71. The summed E-state index contributed by atoms with van der Waals surface area (Å²) >= 11 is 0. The van der Waals surface area contributed by atoms with Gasteiger partial charge in [-0.15, -0.1) is 0 Å². The first kappa shape index (κ1) is 16.8. The Morgan fingerprint density at radius 2 is 2.10 bits per heavy atom. The monoisotopic (exact) mass is 286 g/mol. The van der Waals surface area contributed by atoms with Crippen molar-refractivity contribution in [2.24, 2.45) is 5.92 Å². The Balaban J connectivity index is 2.87. The molecule has 0 aromatic heterocycles. The predicted octanol–water partition coefficient (Wildman–Crippen LogP) is 1.65. The van der Waals surface area contributed by atoms with E-state index < -0.39 is 12.0 Å². The first-order chi connectivity index (χ1) is 9.40. The number of likely N-dealkylation sites (tertiary alicyclic amines) is 1. The number of piperidine rings is 1. The minimum absolute atomic E-state index is 0.0124. The maximum absolute atomic E-state index is 12.6. The van der Waals surface area contributed by atoms with Gasteiger partial charge in [0.25, 0.3) is 0 Å². The Bertz CT molecular complexity index is 346. The lowest BCUT2D eigenvalue weighted by Crippen LogP contribution is -2.57. The molecule has 1 heterocycles. The van der Waals surface area contributed by atoms with E-state index in [0.29, 0.717) is 19.7 Å². The van der Waals surface area contributed by atoms with Crippen molar-refractivity contribution in [3.05, 3.63) is 0 Å². The number of amides is 2. The molecule has 20 heavy (non-hydrogen) atoms. The first-order valence-corrected chi connectivity index (χ1v) is 7.19. The number of aliphatic carboxylic acids is 1. The first-order valence-electron chi connectivity index (χ1n) is 7.19. The summed E-state index contributed by atoms with van der Waals surface area (Å²) in [5.41, 5.74) is 0. The molecule has 1 aliphatic heterocycles. The second-order valence-corrected chi connectivity index (χ2v) is 5.66. The van der Waals surface area contributed by atoms with Gasteiger partial charge in [-0.3, -0.25) is 0 Å². The minimum atomic E-state index is -0.916. The number of carbonyl (C=O) groups excluding carboxylic acids is 1. The van der Waals surface area contributed by atoms with Gasteiger partial charge in [-0.25, -0.2) is 9.59 Å². The van der Waals surface area contributed by atoms with Crippen molar-refractivity contribution >= 4 is 12.0 Å². The van der Waals surface area contributed by atoms with Crippen molar-refractivity contribution in [1.82, 2.24) is 9.80 Å². The zero-order valence-electron chi connectivity index (χ0n) is 12.8. The maximum Gasteiger partial charge on any atom is 0.326 e. The molecule has 1 rings (SSSR count). The highest BCUT2D eigenvalue weighted by molar-refractivity contribution is 5.83. The molecule has 1 fully saturated rings. The molecule has 1 saturated heterocycles. The molecule has 0 aromatic carbocycles. The summed E-state index contributed by atoms with van der Waals surface area (Å²) in [7, 11) is 1.59. The Morgan fingerprint density at radius 3 is 2.60 bits per heavy atom. The molecular formula is C14H26N2O4. The molecule has 6 heteroatoms. The number of rotatable bonds is 5. The van der Waals surface area contributed by atoms with Crippen LogP contribution in [0.25, 0.3) is 0 Å². The molecule has 0 saturated carbocycles. The van der Waals surface area contributed by atoms with Crippen molar-refractivity contribution in [2.75, 3.05) is 26.8 Å². The number of hydrogen-bond acceptors (Lipinski definition) is 3. The van der Waals surface area contributed by atoms with E-state index in [-0.39, 0.29) is 18.0 Å². The highest BCUT2D eigenvalue weighted by atomic mass is 16.5. The molecule has 2 atom stereocenters. The lowest BCUT2D eigenvalue weighted by Gasteiger charge is -2.41. The van der Waals surface area contributed by atoms with Crippen LogP contribution >= 0.6 is 0 Å². The highest BCUT2D eigenvalue weighted by Crippen LogP contribution is 2.25. The SMILES string of the molecule is COCCN(C(=O)N1CCCC(C)C1C(=O)O)C(C)C. The van der Waals surface area contributed by atoms with Gasteiger partial charge in [0.15, 0.2) is 0 Å². The van der Waals surface area contributed by atoms with E-state index in [9.17, 15) is 14.7 Å². The largest absolute Gasteiger partial charge is 0.480 e. The van der Waals surface area contributed by atoms with Gasteiger partial charge in [-0.2, -0.15) is 0 Å². The van der Waals surface area contributed by atoms with E-state index in [4.69, 9.17) is 4.74 Å². The van der Waals surface area contributed by atoms with Crippen LogP contribution in [0.4, 0.5) is 4.79 Å². The number of nitrogens with zero attached hydrogens (tertiary/aromatic N) is 2. The number of ether oxygens (including phenoxy) is 1. The lowest BCUT2D eigenvalue weighted by molar-refractivity contribution is -0.145. The lowest BCUT2D eigenvalue weighted by atomic mass is 9.91. The normalized spacial score (nSPS) is 22.9. The number of carboxylic acids is 1. The predicted molar refractivity (Wildman–Crippen MR) is 75.6 cm³/mol. The smallest absolute Gasteiger partial charge is 0.326 e. The topological polar surface area (TPSA) is 70.1 Å². The van der Waals surface area contributed by atoms with Crippen molar-refractivity contribution < 1.29 is 19.4 Å². The van der Waals surface area contributed by atoms with Gasteiger partial charge in [0.05, 0.1) is 6.61 Å². The molecular weight excluding hydrogens is 260 g/mol. The number of carbonyl (C=O) groups is 2. The van der Waals surface area contributed by atoms with Gasteiger partial charge in [0, 0.05) is 26.2 Å². The maximum atomic E-state index is 12.6. The third kappa shape index (κ3) is 3.85. The Hall–Kier alpha value is -1.30. The van der Waals surface area contributed by atoms with Gasteiger partial charge in [-0.05, 0) is 32.6 Å². The van der Waals surface area contributed by atoms with E-state index in [2.05, 4.69) is 0 Å². The molecule has 0 aliphatic carbocycles. The summed E-state index contributed by atoms with van der Waals surface area (Å²) in [6.07, 6.45) is 1.70. The van der Waals surface area contributed by atoms with Crippen molar-refractivity contribution in [3.8, 4) is 0 Å². The van der Waals surface area contributed by atoms with Crippen LogP contribution in [0, 0.1) is 5.92 Å². The van der Waals surface area contributed by atoms with Crippen molar-refractivity contribution in [1.29, 1.82) is 0 Å². The van der Waals surface area contributed by atoms with Crippen LogP contribution < -0.4 is 0 Å². The van der Waals surface area contributed by atoms with Crippen molar-refractivity contribution in [3.63, 3.8) is 0 Å². The molecule has 2 unspecified atom stereocenters. The van der Waals surface area contributed by atoms with Gasteiger partial charge in [0.1, 0.15) is 6.04 Å². The summed E-state index contributed by atoms with van der Waals surface area (Å²) < 4.78 is 5.03. The quantitative estimate of drug-likeness (QED) is 0.834. The average molecular weight is 286 g/mol. The molecule has 2 amide bonds. The van der Waals surface area contributed by atoms with Crippen LogP contribution in [0.3, 0.4) is 0 Å². The van der Waals surface area contributed by atoms with Crippen LogP contribution in [0.1, 0.15) is 33.6 Å². The number of carboxylic acid groups (broad SMARTS) is 1. The fourth-order valence-corrected chi connectivity index (χ4v) is 2.71. The standard InChI is InChI=1S/C14H26N2O4/c1-10(2)15(8-9-20-4)14(19)16-7-5-6-11(3)12(16)13(17)18/h10-12H,5-9H2,1-4H3,(H,17,18). The number of urea groups is 1. The van der Waals surface area contributed by atoms with E-state index in [1.807, 2.05) is 20.8 Å². The van der Waals surface area contributed by atoms with Gasteiger partial charge in [0.2, 0.25) is 0 Å². The summed E-state index contributed by atoms with van der Waals surface area (Å²) in [4.78, 5) is 27.3. The molecule has 116 valence electrons. The third-order valence-corrected chi connectivity index (χ3v) is 3.84. The van der Waals surface area contributed by atoms with Crippen LogP contribution in [-0.4, -0.2) is 65.8 Å². The van der Waals surface area contributed by atoms with Crippen LogP contribution in [0.15, 0.2) is 0 Å². The highest BCUT2D eigenvalue weighted by Gasteiger charge is 2.39. The summed E-state index contributed by atoms with van der Waals surface area (Å²) in [6, 6.07) is -0.902. The van der Waals surface area contributed by atoms with Gasteiger partial charge < -0.3 is 19.6 Å². The third-order valence-electron chi connectivity index (χ3n) is 3.84. The summed E-state index contributed by atoms with van der Waals surface area (Å²) in [6.45, 7) is 7.19. The number of methoxy groups -OCH3 is 1. The molecule has 0 bridgehead atoms. The summed E-state index contributed by atoms with van der Waals surface area (Å²) in [5.74, 6) is -0.928. The summed E-state index contributed by atoms with van der Waals surface area (Å²) in [5, 5.41) is 9.39. The fraction of sp³-hybridized carbons (Fsp3) is 0.857. The average Bonchev–Trinajstić information content (AvgIpc) is 2.37. The van der Waals surface area contributed by atoms with Gasteiger partial charge >= 0.3 is 12.0 Å². The van der Waals surface area contributed by atoms with Crippen LogP contribution in [0.5, 0.6) is 0 Å².